The van der Waals surface area contributed by atoms with Gasteiger partial charge >= 0.3 is 5.69 Å². The van der Waals surface area contributed by atoms with E-state index in [9.17, 15) is 15.0 Å². The van der Waals surface area contributed by atoms with Crippen molar-refractivity contribution in [2.75, 3.05) is 26.2 Å². The number of aliphatic hydroxyl groups excluding tert-OH is 2. The normalized spacial score (nSPS) is 25.6. The minimum Gasteiger partial charge on any atom is -0.394 e. The molecule has 2 heterocycles. The lowest BCUT2D eigenvalue weighted by molar-refractivity contribution is 0.0513. The Kier molecular flexibility index (Phi) is 6.46. The summed E-state index contributed by atoms with van der Waals surface area (Å²) in [6.45, 7) is 3.15. The molecule has 2 saturated carbocycles. The Hall–Kier alpha value is -1.63. The van der Waals surface area contributed by atoms with Gasteiger partial charge < -0.3 is 15.1 Å². The van der Waals surface area contributed by atoms with Crippen LogP contribution >= 0.6 is 0 Å². The second kappa shape index (κ2) is 9.32. The summed E-state index contributed by atoms with van der Waals surface area (Å²) >= 11 is 0. The van der Waals surface area contributed by atoms with E-state index in [2.05, 4.69) is 4.90 Å². The molecule has 0 radical (unpaired) electrons. The van der Waals surface area contributed by atoms with E-state index < -0.39 is 6.10 Å². The molecule has 2 unspecified atom stereocenters. The maximum atomic E-state index is 13.3. The van der Waals surface area contributed by atoms with Gasteiger partial charge in [-0.2, -0.15) is 0 Å². The lowest BCUT2D eigenvalue weighted by Crippen LogP contribution is -2.44. The zero-order valence-corrected chi connectivity index (χ0v) is 19.3. The molecule has 5 rings (SSSR count). The van der Waals surface area contributed by atoms with Crippen molar-refractivity contribution in [1.29, 1.82) is 0 Å². The predicted octanol–water partition coefficient (Wildman–Crippen LogP) is 3.54. The Morgan fingerprint density at radius 2 is 1.62 bits per heavy atom. The molecule has 1 aromatic carbocycles. The first-order valence-electron chi connectivity index (χ1n) is 12.8. The van der Waals surface area contributed by atoms with E-state index in [0.717, 1.165) is 42.9 Å². The highest BCUT2D eigenvalue weighted by atomic mass is 16.3. The van der Waals surface area contributed by atoms with Crippen molar-refractivity contribution < 1.29 is 10.2 Å². The van der Waals surface area contributed by atoms with E-state index in [4.69, 9.17) is 0 Å². The zero-order chi connectivity index (χ0) is 22.1. The molecule has 0 amide bonds. The summed E-state index contributed by atoms with van der Waals surface area (Å²) < 4.78 is 3.59. The Morgan fingerprint density at radius 1 is 0.969 bits per heavy atom. The van der Waals surface area contributed by atoms with Crippen molar-refractivity contribution in [2.45, 2.75) is 82.9 Å². The van der Waals surface area contributed by atoms with Crippen LogP contribution in [0.5, 0.6) is 0 Å². The summed E-state index contributed by atoms with van der Waals surface area (Å²) in [5.74, 6) is 0.861. The quantitative estimate of drug-likeness (QED) is 0.719. The van der Waals surface area contributed by atoms with Crippen LogP contribution in [0.2, 0.25) is 0 Å². The molecule has 2 aliphatic carbocycles. The first-order valence-corrected chi connectivity index (χ1v) is 12.8. The van der Waals surface area contributed by atoms with Crippen molar-refractivity contribution in [3.05, 3.63) is 34.7 Å². The van der Waals surface area contributed by atoms with E-state index in [1.165, 1.54) is 57.9 Å². The molecule has 1 aromatic heterocycles. The molecule has 3 aliphatic rings. The van der Waals surface area contributed by atoms with Crippen molar-refractivity contribution in [3.8, 4) is 0 Å². The molecule has 1 saturated heterocycles. The third-order valence-electron chi connectivity index (χ3n) is 8.82. The number of imidazole rings is 1. The highest BCUT2D eigenvalue weighted by Gasteiger charge is 2.43. The number of piperidine rings is 1. The van der Waals surface area contributed by atoms with Crippen LogP contribution in [0.25, 0.3) is 11.0 Å². The topological polar surface area (TPSA) is 70.6 Å². The molecule has 176 valence electrons. The van der Waals surface area contributed by atoms with Crippen LogP contribution in [-0.4, -0.2) is 56.6 Å². The monoisotopic (exact) mass is 441 g/mol. The molecular weight excluding hydrogens is 402 g/mol. The number of aliphatic hydroxyl groups is 2. The van der Waals surface area contributed by atoms with E-state index in [1.54, 1.807) is 4.57 Å². The van der Waals surface area contributed by atoms with E-state index >= 15 is 0 Å². The SMILES string of the molecule is O=c1n(CC(O)CO)c2ccccc2n1C1CCN(CC2CCCCC23CCCC3)CC1. The predicted molar refractivity (Wildman–Crippen MR) is 127 cm³/mol. The van der Waals surface area contributed by atoms with Gasteiger partial charge in [-0.05, 0) is 62.0 Å². The zero-order valence-electron chi connectivity index (χ0n) is 19.3. The van der Waals surface area contributed by atoms with E-state index in [-0.39, 0.29) is 24.9 Å². The van der Waals surface area contributed by atoms with Gasteiger partial charge in [0.2, 0.25) is 0 Å². The van der Waals surface area contributed by atoms with Crippen LogP contribution in [-0.2, 0) is 6.54 Å². The minimum atomic E-state index is -0.924. The fraction of sp³-hybridized carbons (Fsp3) is 0.731. The summed E-state index contributed by atoms with van der Waals surface area (Å²) in [6, 6.07) is 8.06. The molecule has 1 aliphatic heterocycles. The number of nitrogens with zero attached hydrogens (tertiary/aromatic N) is 3. The molecule has 2 N–H and O–H groups in total. The van der Waals surface area contributed by atoms with Crippen LogP contribution < -0.4 is 5.69 Å². The molecule has 6 nitrogen and oxygen atoms in total. The number of benzene rings is 1. The summed E-state index contributed by atoms with van der Waals surface area (Å²) in [5.41, 5.74) is 2.36. The number of aromatic nitrogens is 2. The first-order chi connectivity index (χ1) is 15.6. The van der Waals surface area contributed by atoms with Gasteiger partial charge in [0.25, 0.3) is 0 Å². The van der Waals surface area contributed by atoms with Crippen LogP contribution in [0.1, 0.15) is 70.3 Å². The third kappa shape index (κ3) is 4.06. The Bertz CT molecular complexity index is 966. The standard InChI is InChI=1S/C26H39N3O3/c30-19-22(31)18-28-23-8-1-2-9-24(23)29(25(28)32)21-10-15-27(16-11-21)17-20-7-3-4-12-26(20)13-5-6-14-26/h1-2,8-9,20-22,30-31H,3-7,10-19H2. The van der Waals surface area contributed by atoms with Crippen LogP contribution in [0.3, 0.4) is 0 Å². The van der Waals surface area contributed by atoms with Gasteiger partial charge in [-0.1, -0.05) is 37.8 Å². The van der Waals surface area contributed by atoms with Crippen molar-refractivity contribution in [2.24, 2.45) is 11.3 Å². The lowest BCUT2D eigenvalue weighted by atomic mass is 9.65. The largest absolute Gasteiger partial charge is 0.394 e. The summed E-state index contributed by atoms with van der Waals surface area (Å²) in [5, 5.41) is 19.2. The minimum absolute atomic E-state index is 0.0608. The average Bonchev–Trinajstić information content (AvgIpc) is 3.39. The molecular formula is C26H39N3O3. The van der Waals surface area contributed by atoms with Gasteiger partial charge in [-0.15, -0.1) is 0 Å². The molecule has 1 spiro atoms. The smallest absolute Gasteiger partial charge is 0.329 e. The fourth-order valence-corrected chi connectivity index (χ4v) is 7.10. The van der Waals surface area contributed by atoms with Gasteiger partial charge in [0.1, 0.15) is 0 Å². The van der Waals surface area contributed by atoms with Crippen LogP contribution in [0, 0.1) is 11.3 Å². The number of likely N-dealkylation sites (tertiary alicyclic amines) is 1. The van der Waals surface area contributed by atoms with Gasteiger partial charge in [0.15, 0.2) is 0 Å². The van der Waals surface area contributed by atoms with E-state index in [0.29, 0.717) is 5.41 Å². The highest BCUT2D eigenvalue weighted by Crippen LogP contribution is 2.52. The molecule has 2 aromatic rings. The lowest BCUT2D eigenvalue weighted by Gasteiger charge is -2.45. The van der Waals surface area contributed by atoms with Crippen molar-refractivity contribution in [1.82, 2.24) is 14.0 Å². The molecule has 0 bridgehead atoms. The number of para-hydroxylation sites is 2. The van der Waals surface area contributed by atoms with Gasteiger partial charge in [0.05, 0.1) is 30.3 Å². The maximum Gasteiger partial charge on any atom is 0.329 e. The summed E-state index contributed by atoms with van der Waals surface area (Å²) in [6.07, 6.45) is 12.5. The number of rotatable bonds is 6. The third-order valence-corrected chi connectivity index (χ3v) is 8.82. The summed E-state index contributed by atoms with van der Waals surface area (Å²) in [4.78, 5) is 16.0. The molecule has 6 heteroatoms. The average molecular weight is 442 g/mol. The van der Waals surface area contributed by atoms with E-state index in [1.807, 2.05) is 28.8 Å². The number of fused-ring (bicyclic) bond motifs is 1. The van der Waals surface area contributed by atoms with Crippen molar-refractivity contribution >= 4 is 11.0 Å². The Morgan fingerprint density at radius 3 is 2.31 bits per heavy atom. The highest BCUT2D eigenvalue weighted by molar-refractivity contribution is 5.76. The fourth-order valence-electron chi connectivity index (χ4n) is 7.10. The second-order valence-corrected chi connectivity index (χ2v) is 10.6. The molecule has 3 fully saturated rings. The maximum absolute atomic E-state index is 13.3. The summed E-state index contributed by atoms with van der Waals surface area (Å²) in [7, 11) is 0. The van der Waals surface area contributed by atoms with Crippen LogP contribution in [0.4, 0.5) is 0 Å². The Balaban J connectivity index is 1.30. The van der Waals surface area contributed by atoms with Gasteiger partial charge in [-0.25, -0.2) is 4.79 Å². The number of hydrogen-bond acceptors (Lipinski definition) is 4. The Labute approximate surface area is 190 Å². The van der Waals surface area contributed by atoms with Gasteiger partial charge in [0, 0.05) is 25.7 Å². The van der Waals surface area contributed by atoms with Crippen LogP contribution in [0.15, 0.2) is 29.1 Å². The first kappa shape index (κ1) is 22.2. The van der Waals surface area contributed by atoms with Crippen molar-refractivity contribution in [3.63, 3.8) is 0 Å². The van der Waals surface area contributed by atoms with Gasteiger partial charge in [-0.3, -0.25) is 9.13 Å². The number of hydrogen-bond donors (Lipinski definition) is 2. The molecule has 32 heavy (non-hydrogen) atoms. The molecule has 2 atom stereocenters. The second-order valence-electron chi connectivity index (χ2n) is 10.6.